The molecule has 1 rings (SSSR count). The van der Waals surface area contributed by atoms with E-state index in [0.29, 0.717) is 32.7 Å². The number of benzene rings is 1. The summed E-state index contributed by atoms with van der Waals surface area (Å²) in [5, 5.41) is 0. The highest BCUT2D eigenvalue weighted by Crippen LogP contribution is 2.13. The molecule has 1 amide bonds. The Hall–Kier alpha value is -1.55. The van der Waals surface area contributed by atoms with Crippen LogP contribution in [0.5, 0.6) is 5.75 Å². The lowest BCUT2D eigenvalue weighted by Crippen LogP contribution is -2.36. The lowest BCUT2D eigenvalue weighted by atomic mass is 10.1. The fraction of sp³-hybridized carbons (Fsp3) is 0.500. The van der Waals surface area contributed by atoms with Crippen molar-refractivity contribution in [1.82, 2.24) is 4.90 Å². The van der Waals surface area contributed by atoms with Gasteiger partial charge < -0.3 is 15.4 Å². The molecular formula is C14H22N2O2. The second kappa shape index (κ2) is 7.71. The van der Waals surface area contributed by atoms with Crippen molar-refractivity contribution in [3.05, 3.63) is 29.8 Å². The number of likely N-dealkylation sites (N-methyl/N-ethyl adjacent to an activating group) is 1. The van der Waals surface area contributed by atoms with E-state index in [9.17, 15) is 4.79 Å². The molecule has 0 aromatic heterocycles. The minimum atomic E-state index is 0.118. The summed E-state index contributed by atoms with van der Waals surface area (Å²) >= 11 is 0. The smallest absolute Gasteiger partial charge is 0.227 e. The molecule has 4 nitrogen and oxygen atoms in total. The van der Waals surface area contributed by atoms with E-state index in [4.69, 9.17) is 10.5 Å². The third-order valence-electron chi connectivity index (χ3n) is 2.72. The Morgan fingerprint density at radius 1 is 1.28 bits per heavy atom. The lowest BCUT2D eigenvalue weighted by molar-refractivity contribution is -0.130. The zero-order valence-electron chi connectivity index (χ0n) is 11.2. The first-order valence-electron chi connectivity index (χ1n) is 6.40. The van der Waals surface area contributed by atoms with Crippen LogP contribution >= 0.6 is 0 Å². The fourth-order valence-corrected chi connectivity index (χ4v) is 1.77. The first-order chi connectivity index (χ1) is 8.71. The van der Waals surface area contributed by atoms with Crippen LogP contribution in [0.2, 0.25) is 0 Å². The molecular weight excluding hydrogens is 228 g/mol. The SMILES string of the molecule is CCOc1ccc(CC(=O)N(CC)CCN)cc1. The summed E-state index contributed by atoms with van der Waals surface area (Å²) in [7, 11) is 0. The van der Waals surface area contributed by atoms with Crippen LogP contribution in [0.3, 0.4) is 0 Å². The van der Waals surface area contributed by atoms with Gasteiger partial charge in [0.2, 0.25) is 5.91 Å². The van der Waals surface area contributed by atoms with Crippen LogP contribution in [0, 0.1) is 0 Å². The third-order valence-corrected chi connectivity index (χ3v) is 2.72. The molecule has 0 spiro atoms. The average molecular weight is 250 g/mol. The van der Waals surface area contributed by atoms with Crippen molar-refractivity contribution >= 4 is 5.91 Å². The lowest BCUT2D eigenvalue weighted by Gasteiger charge is -2.19. The van der Waals surface area contributed by atoms with Gasteiger partial charge in [0, 0.05) is 19.6 Å². The maximum absolute atomic E-state index is 12.0. The van der Waals surface area contributed by atoms with E-state index >= 15 is 0 Å². The fourth-order valence-electron chi connectivity index (χ4n) is 1.77. The molecule has 0 saturated carbocycles. The highest BCUT2D eigenvalue weighted by atomic mass is 16.5. The molecule has 0 radical (unpaired) electrons. The second-order valence-corrected chi connectivity index (χ2v) is 4.02. The summed E-state index contributed by atoms with van der Waals surface area (Å²) in [6, 6.07) is 7.65. The predicted octanol–water partition coefficient (Wildman–Crippen LogP) is 1.43. The second-order valence-electron chi connectivity index (χ2n) is 4.02. The largest absolute Gasteiger partial charge is 0.494 e. The zero-order chi connectivity index (χ0) is 13.4. The Morgan fingerprint density at radius 2 is 1.94 bits per heavy atom. The molecule has 0 fully saturated rings. The van der Waals surface area contributed by atoms with Gasteiger partial charge in [0.1, 0.15) is 5.75 Å². The molecule has 0 aliphatic carbocycles. The molecule has 0 saturated heterocycles. The van der Waals surface area contributed by atoms with E-state index in [-0.39, 0.29) is 5.91 Å². The van der Waals surface area contributed by atoms with Gasteiger partial charge in [0.15, 0.2) is 0 Å². The summed E-state index contributed by atoms with van der Waals surface area (Å²) in [5.41, 5.74) is 6.48. The van der Waals surface area contributed by atoms with Gasteiger partial charge in [0.05, 0.1) is 13.0 Å². The number of ether oxygens (including phenoxy) is 1. The molecule has 0 heterocycles. The Kier molecular flexibility index (Phi) is 6.22. The van der Waals surface area contributed by atoms with Gasteiger partial charge in [-0.3, -0.25) is 4.79 Å². The van der Waals surface area contributed by atoms with Gasteiger partial charge >= 0.3 is 0 Å². The number of nitrogens with zero attached hydrogens (tertiary/aromatic N) is 1. The van der Waals surface area contributed by atoms with E-state index in [1.165, 1.54) is 0 Å². The molecule has 0 aliphatic heterocycles. The van der Waals surface area contributed by atoms with Crippen LogP contribution in [0.15, 0.2) is 24.3 Å². The summed E-state index contributed by atoms with van der Waals surface area (Å²) in [6.45, 7) is 6.38. The number of carbonyl (C=O) groups is 1. The minimum absolute atomic E-state index is 0.118. The molecule has 100 valence electrons. The number of hydrogen-bond donors (Lipinski definition) is 1. The van der Waals surface area contributed by atoms with Crippen LogP contribution < -0.4 is 10.5 Å². The van der Waals surface area contributed by atoms with Crippen molar-refractivity contribution in [3.8, 4) is 5.75 Å². The standard InChI is InChI=1S/C14H22N2O2/c1-3-16(10-9-15)14(17)11-12-5-7-13(8-6-12)18-4-2/h5-8H,3-4,9-11,15H2,1-2H3. The first kappa shape index (κ1) is 14.5. The van der Waals surface area contributed by atoms with Gasteiger partial charge in [0.25, 0.3) is 0 Å². The van der Waals surface area contributed by atoms with E-state index in [1.807, 2.05) is 38.1 Å². The van der Waals surface area contributed by atoms with Crippen LogP contribution in [-0.2, 0) is 11.2 Å². The van der Waals surface area contributed by atoms with Crippen LogP contribution in [0.1, 0.15) is 19.4 Å². The highest BCUT2D eigenvalue weighted by Gasteiger charge is 2.11. The number of carbonyl (C=O) groups excluding carboxylic acids is 1. The maximum atomic E-state index is 12.0. The number of rotatable bonds is 7. The Morgan fingerprint density at radius 3 is 2.44 bits per heavy atom. The Balaban J connectivity index is 2.58. The normalized spacial score (nSPS) is 10.2. The van der Waals surface area contributed by atoms with Crippen molar-refractivity contribution in [1.29, 1.82) is 0 Å². The van der Waals surface area contributed by atoms with Crippen molar-refractivity contribution in [2.24, 2.45) is 5.73 Å². The molecule has 0 atom stereocenters. The van der Waals surface area contributed by atoms with Crippen LogP contribution in [0.4, 0.5) is 0 Å². The summed E-state index contributed by atoms with van der Waals surface area (Å²) in [5.74, 6) is 0.954. The van der Waals surface area contributed by atoms with Crippen molar-refractivity contribution in [3.63, 3.8) is 0 Å². The van der Waals surface area contributed by atoms with E-state index in [0.717, 1.165) is 11.3 Å². The maximum Gasteiger partial charge on any atom is 0.227 e. The summed E-state index contributed by atoms with van der Waals surface area (Å²) in [6.07, 6.45) is 0.417. The number of hydrogen-bond acceptors (Lipinski definition) is 3. The van der Waals surface area contributed by atoms with Crippen LogP contribution in [-0.4, -0.2) is 37.0 Å². The van der Waals surface area contributed by atoms with Gasteiger partial charge in [-0.2, -0.15) is 0 Å². The molecule has 1 aromatic rings. The summed E-state index contributed by atoms with van der Waals surface area (Å²) < 4.78 is 5.36. The van der Waals surface area contributed by atoms with E-state index < -0.39 is 0 Å². The zero-order valence-corrected chi connectivity index (χ0v) is 11.2. The minimum Gasteiger partial charge on any atom is -0.494 e. The van der Waals surface area contributed by atoms with Gasteiger partial charge in [-0.1, -0.05) is 12.1 Å². The predicted molar refractivity (Wildman–Crippen MR) is 72.6 cm³/mol. The molecule has 0 unspecified atom stereocenters. The van der Waals surface area contributed by atoms with Crippen molar-refractivity contribution < 1.29 is 9.53 Å². The summed E-state index contributed by atoms with van der Waals surface area (Å²) in [4.78, 5) is 13.8. The van der Waals surface area contributed by atoms with Crippen molar-refractivity contribution in [2.45, 2.75) is 20.3 Å². The van der Waals surface area contributed by atoms with Crippen LogP contribution in [0.25, 0.3) is 0 Å². The number of amides is 1. The molecule has 0 bridgehead atoms. The topological polar surface area (TPSA) is 55.6 Å². The average Bonchev–Trinajstić information content (AvgIpc) is 2.38. The molecule has 18 heavy (non-hydrogen) atoms. The first-order valence-corrected chi connectivity index (χ1v) is 6.40. The molecule has 1 aromatic carbocycles. The highest BCUT2D eigenvalue weighted by molar-refractivity contribution is 5.78. The molecule has 4 heteroatoms. The van der Waals surface area contributed by atoms with E-state index in [1.54, 1.807) is 4.90 Å². The molecule has 2 N–H and O–H groups in total. The van der Waals surface area contributed by atoms with Gasteiger partial charge in [-0.25, -0.2) is 0 Å². The molecule has 0 aliphatic rings. The van der Waals surface area contributed by atoms with Gasteiger partial charge in [-0.05, 0) is 31.5 Å². The Labute approximate surface area is 109 Å². The quantitative estimate of drug-likeness (QED) is 0.796. The van der Waals surface area contributed by atoms with Gasteiger partial charge in [-0.15, -0.1) is 0 Å². The van der Waals surface area contributed by atoms with E-state index in [2.05, 4.69) is 0 Å². The third kappa shape index (κ3) is 4.37. The Bertz CT molecular complexity index is 363. The van der Waals surface area contributed by atoms with Crippen molar-refractivity contribution in [2.75, 3.05) is 26.2 Å². The number of nitrogens with two attached hydrogens (primary N) is 1. The monoisotopic (exact) mass is 250 g/mol.